The largest absolute Gasteiger partial charge is 0.490 e. The highest BCUT2D eigenvalue weighted by Crippen LogP contribution is 2.33. The summed E-state index contributed by atoms with van der Waals surface area (Å²) in [5.41, 5.74) is 0. The van der Waals surface area contributed by atoms with Crippen LogP contribution in [0.15, 0.2) is 23.1 Å². The maximum Gasteiger partial charge on any atom is 0.405 e. The fraction of sp³-hybridized carbons (Fsp3) is 0.462. The molecule has 1 aliphatic rings. The third-order valence-corrected chi connectivity index (χ3v) is 4.27. The first kappa shape index (κ1) is 15.6. The van der Waals surface area contributed by atoms with Gasteiger partial charge in [-0.15, -0.1) is 0 Å². The molecular formula is C13H12F3NO3S. The summed E-state index contributed by atoms with van der Waals surface area (Å²) < 4.78 is 60.3. The van der Waals surface area contributed by atoms with E-state index in [0.29, 0.717) is 31.1 Å². The maximum atomic E-state index is 12.5. The van der Waals surface area contributed by atoms with Crippen LogP contribution in [0.1, 0.15) is 6.42 Å². The van der Waals surface area contributed by atoms with Gasteiger partial charge in [-0.25, -0.2) is 0 Å². The quantitative estimate of drug-likeness (QED) is 0.859. The molecule has 2 atom stereocenters. The molecule has 1 aliphatic heterocycles. The number of hydrogen-bond donors (Lipinski definition) is 0. The molecule has 0 aliphatic carbocycles. The average molecular weight is 319 g/mol. The zero-order chi connectivity index (χ0) is 15.5. The van der Waals surface area contributed by atoms with E-state index in [2.05, 4.69) is 0 Å². The van der Waals surface area contributed by atoms with Gasteiger partial charge in [-0.1, -0.05) is 0 Å². The maximum absolute atomic E-state index is 12.5. The molecule has 1 aromatic carbocycles. The predicted octanol–water partition coefficient (Wildman–Crippen LogP) is 2.66. The molecule has 0 radical (unpaired) electrons. The topological polar surface area (TPSA) is 59.3 Å². The van der Waals surface area contributed by atoms with Gasteiger partial charge >= 0.3 is 6.18 Å². The monoisotopic (exact) mass is 319 g/mol. The summed E-state index contributed by atoms with van der Waals surface area (Å²) in [6.45, 7) is 0.909. The van der Waals surface area contributed by atoms with E-state index in [4.69, 9.17) is 14.7 Å². The van der Waals surface area contributed by atoms with Crippen LogP contribution in [0.25, 0.3) is 0 Å². The Morgan fingerprint density at radius 3 is 2.57 bits per heavy atom. The molecule has 0 aromatic heterocycles. The summed E-state index contributed by atoms with van der Waals surface area (Å²) in [5, 5.41) is 8.54. The van der Waals surface area contributed by atoms with Crippen LogP contribution in [-0.4, -0.2) is 29.4 Å². The van der Waals surface area contributed by atoms with Crippen molar-refractivity contribution in [1.82, 2.24) is 0 Å². The summed E-state index contributed by atoms with van der Waals surface area (Å²) in [6, 6.07) is 5.49. The molecule has 0 spiro atoms. The first-order chi connectivity index (χ1) is 9.91. The summed E-state index contributed by atoms with van der Waals surface area (Å²) in [4.78, 5) is 0.184. The summed E-state index contributed by atoms with van der Waals surface area (Å²) in [7, 11) is -1.94. The van der Waals surface area contributed by atoms with Crippen molar-refractivity contribution in [2.45, 2.75) is 17.5 Å². The van der Waals surface area contributed by atoms with Gasteiger partial charge in [0.05, 0.1) is 35.8 Å². The van der Waals surface area contributed by atoms with Gasteiger partial charge < -0.3 is 9.47 Å². The van der Waals surface area contributed by atoms with E-state index >= 15 is 0 Å². The minimum Gasteiger partial charge on any atom is -0.490 e. The van der Waals surface area contributed by atoms with Gasteiger partial charge in [0.25, 0.3) is 0 Å². The first-order valence-corrected chi connectivity index (χ1v) is 7.48. The molecule has 21 heavy (non-hydrogen) atoms. The lowest BCUT2D eigenvalue weighted by atomic mass is 10.2. The standard InChI is InChI=1S/C13H12F3NO3S/c14-13(15,16)9(7-17)8-21(18)10-2-3-11-12(6-10)20-5-1-4-19-11/h2-3,6,9H,1,4-5,8H2. The summed E-state index contributed by atoms with van der Waals surface area (Å²) >= 11 is 0. The number of fused-ring (bicyclic) bond motifs is 1. The van der Waals surface area contributed by atoms with Crippen molar-refractivity contribution >= 4 is 10.8 Å². The average Bonchev–Trinajstić information content (AvgIpc) is 2.67. The van der Waals surface area contributed by atoms with E-state index in [-0.39, 0.29) is 4.90 Å². The molecule has 2 rings (SSSR count). The van der Waals surface area contributed by atoms with E-state index in [1.807, 2.05) is 0 Å². The molecule has 0 saturated carbocycles. The van der Waals surface area contributed by atoms with Gasteiger partial charge in [0.2, 0.25) is 0 Å². The Kier molecular flexibility index (Phi) is 4.73. The smallest absolute Gasteiger partial charge is 0.405 e. The van der Waals surface area contributed by atoms with Gasteiger partial charge in [-0.2, -0.15) is 18.4 Å². The molecule has 4 nitrogen and oxygen atoms in total. The molecule has 2 unspecified atom stereocenters. The van der Waals surface area contributed by atoms with Crippen molar-refractivity contribution in [2.24, 2.45) is 5.92 Å². The number of hydrogen-bond acceptors (Lipinski definition) is 4. The Morgan fingerprint density at radius 1 is 1.29 bits per heavy atom. The van der Waals surface area contributed by atoms with Crippen LogP contribution >= 0.6 is 0 Å². The van der Waals surface area contributed by atoms with Crippen LogP contribution in [0, 0.1) is 17.2 Å². The molecule has 0 amide bonds. The van der Waals surface area contributed by atoms with Crippen LogP contribution in [0.2, 0.25) is 0 Å². The fourth-order valence-corrected chi connectivity index (χ4v) is 2.95. The van der Waals surface area contributed by atoms with Crippen LogP contribution in [0.4, 0.5) is 13.2 Å². The number of rotatable bonds is 3. The van der Waals surface area contributed by atoms with Gasteiger partial charge in [0, 0.05) is 17.4 Å². The second kappa shape index (κ2) is 6.35. The Morgan fingerprint density at radius 2 is 1.95 bits per heavy atom. The Balaban J connectivity index is 2.17. The van der Waals surface area contributed by atoms with Crippen molar-refractivity contribution in [2.75, 3.05) is 19.0 Å². The van der Waals surface area contributed by atoms with E-state index < -0.39 is 28.6 Å². The zero-order valence-corrected chi connectivity index (χ0v) is 11.7. The highest BCUT2D eigenvalue weighted by molar-refractivity contribution is 7.85. The van der Waals surface area contributed by atoms with Crippen molar-refractivity contribution in [3.63, 3.8) is 0 Å². The SMILES string of the molecule is N#CC(CS(=O)c1ccc2c(c1)OCCCO2)C(F)(F)F. The molecule has 114 valence electrons. The molecule has 0 saturated heterocycles. The lowest BCUT2D eigenvalue weighted by Gasteiger charge is -2.13. The third kappa shape index (κ3) is 3.88. The summed E-state index contributed by atoms with van der Waals surface area (Å²) in [6.07, 6.45) is -3.99. The summed E-state index contributed by atoms with van der Waals surface area (Å²) in [5.74, 6) is -2.21. The normalized spacial score (nSPS) is 17.4. The van der Waals surface area contributed by atoms with Gasteiger partial charge in [-0.3, -0.25) is 4.21 Å². The lowest BCUT2D eigenvalue weighted by molar-refractivity contribution is -0.153. The van der Waals surface area contributed by atoms with E-state index in [0.717, 1.165) is 6.07 Å². The number of nitriles is 1. The highest BCUT2D eigenvalue weighted by atomic mass is 32.2. The van der Waals surface area contributed by atoms with E-state index in [9.17, 15) is 17.4 Å². The van der Waals surface area contributed by atoms with Crippen molar-refractivity contribution in [3.8, 4) is 17.6 Å². The number of alkyl halides is 3. The van der Waals surface area contributed by atoms with Gasteiger partial charge in [-0.05, 0) is 12.1 Å². The van der Waals surface area contributed by atoms with Crippen LogP contribution in [0.5, 0.6) is 11.5 Å². The van der Waals surface area contributed by atoms with Crippen molar-refractivity contribution < 1.29 is 26.9 Å². The number of ether oxygens (including phenoxy) is 2. The van der Waals surface area contributed by atoms with Gasteiger partial charge in [0.1, 0.15) is 0 Å². The molecular weight excluding hydrogens is 307 g/mol. The second-order valence-corrected chi connectivity index (χ2v) is 5.89. The molecule has 1 heterocycles. The van der Waals surface area contributed by atoms with E-state index in [1.54, 1.807) is 0 Å². The highest BCUT2D eigenvalue weighted by Gasteiger charge is 2.41. The molecule has 0 bridgehead atoms. The fourth-order valence-electron chi connectivity index (χ4n) is 1.74. The Bertz CT molecular complexity index is 583. The van der Waals surface area contributed by atoms with E-state index in [1.165, 1.54) is 18.2 Å². The lowest BCUT2D eigenvalue weighted by Crippen LogP contribution is -2.26. The van der Waals surface area contributed by atoms with Gasteiger partial charge in [0.15, 0.2) is 17.4 Å². The Labute approximate surface area is 121 Å². The zero-order valence-electron chi connectivity index (χ0n) is 10.9. The van der Waals surface area contributed by atoms with Crippen LogP contribution < -0.4 is 9.47 Å². The predicted molar refractivity (Wildman–Crippen MR) is 68.5 cm³/mol. The Hall–Kier alpha value is -1.75. The molecule has 0 fully saturated rings. The number of benzene rings is 1. The van der Waals surface area contributed by atoms with Crippen LogP contribution in [-0.2, 0) is 10.8 Å². The molecule has 0 N–H and O–H groups in total. The second-order valence-electron chi connectivity index (χ2n) is 4.39. The first-order valence-electron chi connectivity index (χ1n) is 6.16. The third-order valence-electron chi connectivity index (χ3n) is 2.85. The van der Waals surface area contributed by atoms with Crippen molar-refractivity contribution in [1.29, 1.82) is 5.26 Å². The van der Waals surface area contributed by atoms with Crippen molar-refractivity contribution in [3.05, 3.63) is 18.2 Å². The molecule has 8 heteroatoms. The number of nitrogens with zero attached hydrogens (tertiary/aromatic N) is 1. The van der Waals surface area contributed by atoms with Crippen LogP contribution in [0.3, 0.4) is 0 Å². The number of halogens is 3. The minimum atomic E-state index is -4.68. The minimum absolute atomic E-state index is 0.184. The molecule has 1 aromatic rings.